The Balaban J connectivity index is 1.90. The minimum absolute atomic E-state index is 0.455. The summed E-state index contributed by atoms with van der Waals surface area (Å²) in [5.41, 5.74) is 6.14. The molecule has 0 aliphatic heterocycles. The predicted octanol–water partition coefficient (Wildman–Crippen LogP) is 2.41. The Hall–Kier alpha value is -0.0400. The van der Waals surface area contributed by atoms with E-state index in [9.17, 15) is 0 Å². The largest absolute Gasteiger partial charge is 0.328 e. The predicted molar refractivity (Wildman–Crippen MR) is 54.2 cm³/mol. The molecule has 74 valence electrons. The van der Waals surface area contributed by atoms with Crippen LogP contribution in [0.2, 0.25) is 0 Å². The highest BCUT2D eigenvalue weighted by atomic mass is 14.7. The first-order valence-corrected chi connectivity index (χ1v) is 6.01. The van der Waals surface area contributed by atoms with Crippen molar-refractivity contribution in [3.63, 3.8) is 0 Å². The molecule has 0 aromatic rings. The Bertz CT molecular complexity index is 211. The molecule has 4 unspecified atom stereocenters. The Labute approximate surface area is 81.1 Å². The van der Waals surface area contributed by atoms with Gasteiger partial charge in [0.25, 0.3) is 0 Å². The van der Waals surface area contributed by atoms with E-state index >= 15 is 0 Å². The van der Waals surface area contributed by atoms with Gasteiger partial charge in [0, 0.05) is 6.04 Å². The maximum Gasteiger partial charge on any atom is 0.00441 e. The molecule has 0 amide bonds. The van der Waals surface area contributed by atoms with E-state index in [0.717, 1.165) is 29.6 Å². The van der Waals surface area contributed by atoms with E-state index < -0.39 is 0 Å². The Morgan fingerprint density at radius 1 is 1.08 bits per heavy atom. The van der Waals surface area contributed by atoms with Crippen molar-refractivity contribution in [2.45, 2.75) is 45.1 Å². The van der Waals surface area contributed by atoms with Crippen LogP contribution in [0.15, 0.2) is 0 Å². The van der Waals surface area contributed by atoms with Crippen molar-refractivity contribution in [1.29, 1.82) is 0 Å². The van der Waals surface area contributed by atoms with Crippen molar-refractivity contribution < 1.29 is 0 Å². The number of rotatable bonds is 1. The lowest BCUT2D eigenvalue weighted by atomic mass is 9.62. The zero-order chi connectivity index (χ0) is 9.00. The Morgan fingerprint density at radius 3 is 2.54 bits per heavy atom. The van der Waals surface area contributed by atoms with E-state index in [1.165, 1.54) is 25.7 Å². The molecular formula is C12H21N. The first-order chi connectivity index (χ1) is 6.25. The summed E-state index contributed by atoms with van der Waals surface area (Å²) in [7, 11) is 0. The fourth-order valence-corrected chi connectivity index (χ4v) is 4.76. The van der Waals surface area contributed by atoms with Crippen molar-refractivity contribution in [1.82, 2.24) is 0 Å². The summed E-state index contributed by atoms with van der Waals surface area (Å²) in [6.07, 6.45) is 7.59. The molecule has 0 radical (unpaired) electrons. The third kappa shape index (κ3) is 1.09. The van der Waals surface area contributed by atoms with Gasteiger partial charge in [-0.3, -0.25) is 0 Å². The number of nitrogens with two attached hydrogens (primary N) is 1. The molecule has 1 heteroatoms. The van der Waals surface area contributed by atoms with Gasteiger partial charge in [-0.15, -0.1) is 0 Å². The molecule has 0 aromatic carbocycles. The summed E-state index contributed by atoms with van der Waals surface area (Å²) in [4.78, 5) is 0. The smallest absolute Gasteiger partial charge is 0.00441 e. The molecule has 3 rings (SSSR count). The number of hydrogen-bond donors (Lipinski definition) is 1. The van der Waals surface area contributed by atoms with Crippen LogP contribution in [0.3, 0.4) is 0 Å². The fraction of sp³-hybridized carbons (Fsp3) is 1.00. The molecule has 2 N–H and O–H groups in total. The molecule has 3 aliphatic carbocycles. The second-order valence-electron chi connectivity index (χ2n) is 5.77. The van der Waals surface area contributed by atoms with Gasteiger partial charge in [-0.05, 0) is 68.6 Å². The molecule has 0 heterocycles. The van der Waals surface area contributed by atoms with Crippen LogP contribution in [0.25, 0.3) is 0 Å². The minimum Gasteiger partial charge on any atom is -0.328 e. The summed E-state index contributed by atoms with van der Waals surface area (Å²) >= 11 is 0. The average Bonchev–Trinajstić information content (AvgIpc) is 2.27. The van der Waals surface area contributed by atoms with Crippen molar-refractivity contribution in [3.8, 4) is 0 Å². The van der Waals surface area contributed by atoms with Gasteiger partial charge in [0.05, 0.1) is 0 Å². The standard InChI is InChI=1S/C12H21N/c1-7(13)12-10-3-2-9-4-8(5-10)6-11(9)12/h7-12H,2-6,13H2,1H3/t7?,8-,9?,10+,11?,12?/m0/s1. The van der Waals surface area contributed by atoms with Crippen molar-refractivity contribution in [2.75, 3.05) is 0 Å². The summed E-state index contributed by atoms with van der Waals surface area (Å²) in [6, 6.07) is 0.455. The molecule has 0 spiro atoms. The van der Waals surface area contributed by atoms with Gasteiger partial charge >= 0.3 is 0 Å². The second-order valence-corrected chi connectivity index (χ2v) is 5.77. The van der Waals surface area contributed by atoms with E-state index in [1.54, 1.807) is 6.42 Å². The summed E-state index contributed by atoms with van der Waals surface area (Å²) in [5, 5.41) is 0. The Kier molecular flexibility index (Phi) is 1.74. The normalized spacial score (nSPS) is 55.4. The lowest BCUT2D eigenvalue weighted by Gasteiger charge is -2.44. The van der Waals surface area contributed by atoms with Crippen LogP contribution in [0.4, 0.5) is 0 Å². The molecule has 3 saturated carbocycles. The fourth-order valence-electron chi connectivity index (χ4n) is 4.76. The van der Waals surface area contributed by atoms with Crippen LogP contribution in [0, 0.1) is 29.6 Å². The number of hydrogen-bond acceptors (Lipinski definition) is 1. The van der Waals surface area contributed by atoms with Gasteiger partial charge in [0.2, 0.25) is 0 Å². The number of fused-ring (bicyclic) bond motifs is 2. The molecule has 1 nitrogen and oxygen atoms in total. The molecule has 0 aromatic heterocycles. The van der Waals surface area contributed by atoms with Gasteiger partial charge in [-0.1, -0.05) is 0 Å². The van der Waals surface area contributed by atoms with Gasteiger partial charge in [-0.25, -0.2) is 0 Å². The quantitative estimate of drug-likeness (QED) is 0.657. The topological polar surface area (TPSA) is 26.0 Å². The summed E-state index contributed by atoms with van der Waals surface area (Å²) in [5.74, 6) is 5.08. The molecule has 0 saturated heterocycles. The van der Waals surface area contributed by atoms with Gasteiger partial charge in [0.15, 0.2) is 0 Å². The van der Waals surface area contributed by atoms with E-state index in [1.807, 2.05) is 0 Å². The molecular weight excluding hydrogens is 158 g/mol. The van der Waals surface area contributed by atoms with Crippen molar-refractivity contribution >= 4 is 0 Å². The second kappa shape index (κ2) is 2.73. The van der Waals surface area contributed by atoms with E-state index in [0.29, 0.717) is 6.04 Å². The third-order valence-corrected chi connectivity index (χ3v) is 5.04. The van der Waals surface area contributed by atoms with Crippen LogP contribution in [0.5, 0.6) is 0 Å². The molecule has 3 aliphatic rings. The summed E-state index contributed by atoms with van der Waals surface area (Å²) in [6.45, 7) is 2.23. The van der Waals surface area contributed by atoms with Gasteiger partial charge in [-0.2, -0.15) is 0 Å². The highest BCUT2D eigenvalue weighted by Crippen LogP contribution is 2.58. The van der Waals surface area contributed by atoms with Crippen LogP contribution < -0.4 is 5.73 Å². The lowest BCUT2D eigenvalue weighted by molar-refractivity contribution is 0.0663. The summed E-state index contributed by atoms with van der Waals surface area (Å²) < 4.78 is 0. The van der Waals surface area contributed by atoms with E-state index in [2.05, 4.69) is 6.92 Å². The van der Waals surface area contributed by atoms with Crippen LogP contribution in [-0.2, 0) is 0 Å². The average molecular weight is 179 g/mol. The van der Waals surface area contributed by atoms with Gasteiger partial charge < -0.3 is 5.73 Å². The zero-order valence-corrected chi connectivity index (χ0v) is 8.58. The zero-order valence-electron chi connectivity index (χ0n) is 8.58. The minimum atomic E-state index is 0.455. The molecule has 13 heavy (non-hydrogen) atoms. The maximum absolute atomic E-state index is 6.14. The Morgan fingerprint density at radius 2 is 1.77 bits per heavy atom. The lowest BCUT2D eigenvalue weighted by Crippen LogP contribution is -2.43. The van der Waals surface area contributed by atoms with E-state index in [-0.39, 0.29) is 0 Å². The highest BCUT2D eigenvalue weighted by Gasteiger charge is 2.50. The first-order valence-electron chi connectivity index (χ1n) is 6.01. The maximum atomic E-state index is 6.14. The van der Waals surface area contributed by atoms with Crippen molar-refractivity contribution in [3.05, 3.63) is 0 Å². The first kappa shape index (κ1) is 8.28. The monoisotopic (exact) mass is 179 g/mol. The van der Waals surface area contributed by atoms with Crippen molar-refractivity contribution in [2.24, 2.45) is 35.3 Å². The molecule has 3 bridgehead atoms. The SMILES string of the molecule is CC(N)C1C2C[C@H]3CC2CC[C@@H]1C3. The van der Waals surface area contributed by atoms with Crippen LogP contribution in [-0.4, -0.2) is 6.04 Å². The van der Waals surface area contributed by atoms with E-state index in [4.69, 9.17) is 5.73 Å². The molecule has 3 fully saturated rings. The van der Waals surface area contributed by atoms with Gasteiger partial charge in [0.1, 0.15) is 0 Å². The van der Waals surface area contributed by atoms with Crippen LogP contribution >= 0.6 is 0 Å². The third-order valence-electron chi connectivity index (χ3n) is 5.04. The van der Waals surface area contributed by atoms with Crippen LogP contribution in [0.1, 0.15) is 39.0 Å². The molecule has 6 atom stereocenters. The highest BCUT2D eigenvalue weighted by molar-refractivity contribution is 5.01.